The van der Waals surface area contributed by atoms with Crippen molar-refractivity contribution in [2.75, 3.05) is 39.3 Å². The first kappa shape index (κ1) is 13.8. The van der Waals surface area contributed by atoms with E-state index in [4.69, 9.17) is 5.73 Å². The van der Waals surface area contributed by atoms with E-state index in [1.807, 2.05) is 6.92 Å². The summed E-state index contributed by atoms with van der Waals surface area (Å²) in [5.41, 5.74) is 5.60. The standard InChI is InChI=1S/C13H26N4O/c1-11(13(18)15-12-3-4-12)17-7-2-6-16(8-5-14)9-10-17/h11-12H,2-10,14H2,1H3,(H,15,18). The van der Waals surface area contributed by atoms with Gasteiger partial charge in [0.15, 0.2) is 0 Å². The van der Waals surface area contributed by atoms with E-state index in [1.54, 1.807) is 0 Å². The number of rotatable bonds is 5. The topological polar surface area (TPSA) is 61.6 Å². The van der Waals surface area contributed by atoms with Crippen molar-refractivity contribution in [1.29, 1.82) is 0 Å². The molecule has 104 valence electrons. The Morgan fingerprint density at radius 2 is 2.11 bits per heavy atom. The zero-order valence-corrected chi connectivity index (χ0v) is 11.4. The normalized spacial score (nSPS) is 24.6. The van der Waals surface area contributed by atoms with E-state index in [2.05, 4.69) is 15.1 Å². The highest BCUT2D eigenvalue weighted by atomic mass is 16.2. The minimum atomic E-state index is 0.00317. The molecule has 2 aliphatic rings. The Bertz CT molecular complexity index is 280. The van der Waals surface area contributed by atoms with Gasteiger partial charge in [-0.25, -0.2) is 0 Å². The Morgan fingerprint density at radius 3 is 2.78 bits per heavy atom. The molecule has 0 aromatic rings. The third kappa shape index (κ3) is 3.93. The molecule has 3 N–H and O–H groups in total. The Labute approximate surface area is 110 Å². The summed E-state index contributed by atoms with van der Waals surface area (Å²) >= 11 is 0. The third-order valence-corrected chi connectivity index (χ3v) is 3.92. The van der Waals surface area contributed by atoms with Gasteiger partial charge in [-0.1, -0.05) is 0 Å². The second kappa shape index (κ2) is 6.50. The van der Waals surface area contributed by atoms with Gasteiger partial charge in [-0.2, -0.15) is 0 Å². The van der Waals surface area contributed by atoms with Gasteiger partial charge in [0.1, 0.15) is 0 Å². The van der Waals surface area contributed by atoms with Crippen LogP contribution in [0.3, 0.4) is 0 Å². The minimum Gasteiger partial charge on any atom is -0.352 e. The van der Waals surface area contributed by atoms with Crippen molar-refractivity contribution >= 4 is 5.91 Å². The van der Waals surface area contributed by atoms with Crippen molar-refractivity contribution in [3.8, 4) is 0 Å². The van der Waals surface area contributed by atoms with Gasteiger partial charge < -0.3 is 16.0 Å². The summed E-state index contributed by atoms with van der Waals surface area (Å²) in [7, 11) is 0. The molecular weight excluding hydrogens is 228 g/mol. The molecule has 2 rings (SSSR count). The SMILES string of the molecule is CC(C(=O)NC1CC1)N1CCCN(CCN)CC1. The average Bonchev–Trinajstić information content (AvgIpc) is 3.16. The number of nitrogens with zero attached hydrogens (tertiary/aromatic N) is 2. The van der Waals surface area contributed by atoms with Crippen LogP contribution in [0.5, 0.6) is 0 Å². The largest absolute Gasteiger partial charge is 0.352 e. The molecule has 5 nitrogen and oxygen atoms in total. The summed E-state index contributed by atoms with van der Waals surface area (Å²) in [6.07, 6.45) is 3.44. The number of nitrogens with two attached hydrogens (primary N) is 1. The lowest BCUT2D eigenvalue weighted by Crippen LogP contribution is -2.47. The Hall–Kier alpha value is -0.650. The highest BCUT2D eigenvalue weighted by molar-refractivity contribution is 5.81. The third-order valence-electron chi connectivity index (χ3n) is 3.92. The van der Waals surface area contributed by atoms with Crippen LogP contribution in [0.1, 0.15) is 26.2 Å². The smallest absolute Gasteiger partial charge is 0.237 e. The molecule has 1 atom stereocenters. The highest BCUT2D eigenvalue weighted by Crippen LogP contribution is 2.19. The summed E-state index contributed by atoms with van der Waals surface area (Å²) in [5, 5.41) is 3.09. The van der Waals surface area contributed by atoms with Crippen LogP contribution in [0.2, 0.25) is 0 Å². The van der Waals surface area contributed by atoms with Crippen LogP contribution in [0.25, 0.3) is 0 Å². The van der Waals surface area contributed by atoms with Gasteiger partial charge in [-0.05, 0) is 32.7 Å². The van der Waals surface area contributed by atoms with Crippen LogP contribution in [0.4, 0.5) is 0 Å². The average molecular weight is 254 g/mol. The van der Waals surface area contributed by atoms with Crippen molar-refractivity contribution in [2.24, 2.45) is 5.73 Å². The molecule has 0 aromatic heterocycles. The lowest BCUT2D eigenvalue weighted by atomic mass is 10.2. The number of hydrogen-bond acceptors (Lipinski definition) is 4. The molecule has 0 spiro atoms. The van der Waals surface area contributed by atoms with Crippen molar-refractivity contribution in [1.82, 2.24) is 15.1 Å². The van der Waals surface area contributed by atoms with E-state index in [1.165, 1.54) is 0 Å². The first-order valence-electron chi connectivity index (χ1n) is 7.17. The lowest BCUT2D eigenvalue weighted by molar-refractivity contribution is -0.126. The molecule has 18 heavy (non-hydrogen) atoms. The first-order chi connectivity index (χ1) is 8.70. The fourth-order valence-electron chi connectivity index (χ4n) is 2.50. The number of carbonyl (C=O) groups excluding carboxylic acids is 1. The second-order valence-electron chi connectivity index (χ2n) is 5.48. The van der Waals surface area contributed by atoms with Gasteiger partial charge in [0, 0.05) is 38.8 Å². The van der Waals surface area contributed by atoms with Crippen molar-refractivity contribution < 1.29 is 4.79 Å². The van der Waals surface area contributed by atoms with Crippen LogP contribution >= 0.6 is 0 Å². The summed E-state index contributed by atoms with van der Waals surface area (Å²) in [6.45, 7) is 7.83. The predicted molar refractivity (Wildman–Crippen MR) is 72.3 cm³/mol. The maximum Gasteiger partial charge on any atom is 0.237 e. The Morgan fingerprint density at radius 1 is 1.33 bits per heavy atom. The maximum absolute atomic E-state index is 12.0. The van der Waals surface area contributed by atoms with Crippen LogP contribution in [-0.4, -0.2) is 67.1 Å². The number of nitrogens with one attached hydrogen (secondary N) is 1. The Kier molecular flexibility index (Phi) is 4.97. The quantitative estimate of drug-likeness (QED) is 0.702. The maximum atomic E-state index is 12.0. The monoisotopic (exact) mass is 254 g/mol. The molecule has 1 saturated heterocycles. The Balaban J connectivity index is 1.78. The van der Waals surface area contributed by atoms with Gasteiger partial charge in [0.25, 0.3) is 0 Å². The second-order valence-corrected chi connectivity index (χ2v) is 5.48. The van der Waals surface area contributed by atoms with Crippen LogP contribution < -0.4 is 11.1 Å². The van der Waals surface area contributed by atoms with Gasteiger partial charge >= 0.3 is 0 Å². The summed E-state index contributed by atoms with van der Waals surface area (Å²) < 4.78 is 0. The number of amides is 1. The molecule has 1 heterocycles. The van der Waals surface area contributed by atoms with Crippen molar-refractivity contribution in [3.05, 3.63) is 0 Å². The summed E-state index contributed by atoms with van der Waals surface area (Å²) in [4.78, 5) is 16.7. The fraction of sp³-hybridized carbons (Fsp3) is 0.923. The van der Waals surface area contributed by atoms with Crippen molar-refractivity contribution in [2.45, 2.75) is 38.3 Å². The number of carbonyl (C=O) groups is 1. The lowest BCUT2D eigenvalue weighted by Gasteiger charge is -2.27. The van der Waals surface area contributed by atoms with E-state index >= 15 is 0 Å². The molecule has 2 fully saturated rings. The molecule has 0 bridgehead atoms. The minimum absolute atomic E-state index is 0.00317. The molecule has 1 amide bonds. The molecular formula is C13H26N4O. The zero-order chi connectivity index (χ0) is 13.0. The predicted octanol–water partition coefficient (Wildman–Crippen LogP) is -0.380. The summed E-state index contributed by atoms with van der Waals surface area (Å²) in [6, 6.07) is 0.462. The molecule has 5 heteroatoms. The molecule has 0 aromatic carbocycles. The molecule has 1 aliphatic heterocycles. The van der Waals surface area contributed by atoms with Gasteiger partial charge in [0.05, 0.1) is 6.04 Å². The van der Waals surface area contributed by atoms with Crippen LogP contribution in [0.15, 0.2) is 0 Å². The molecule has 1 unspecified atom stereocenters. The number of hydrogen-bond donors (Lipinski definition) is 2. The van der Waals surface area contributed by atoms with E-state index in [0.29, 0.717) is 6.04 Å². The molecule has 1 aliphatic carbocycles. The van der Waals surface area contributed by atoms with E-state index in [0.717, 1.165) is 58.5 Å². The van der Waals surface area contributed by atoms with Crippen LogP contribution in [-0.2, 0) is 4.79 Å². The van der Waals surface area contributed by atoms with E-state index < -0.39 is 0 Å². The summed E-state index contributed by atoms with van der Waals surface area (Å²) in [5.74, 6) is 0.199. The highest BCUT2D eigenvalue weighted by Gasteiger charge is 2.29. The molecule has 1 saturated carbocycles. The van der Waals surface area contributed by atoms with E-state index in [-0.39, 0.29) is 11.9 Å². The molecule has 0 radical (unpaired) electrons. The van der Waals surface area contributed by atoms with Gasteiger partial charge in [-0.15, -0.1) is 0 Å². The van der Waals surface area contributed by atoms with Gasteiger partial charge in [0.2, 0.25) is 5.91 Å². The van der Waals surface area contributed by atoms with E-state index in [9.17, 15) is 4.79 Å². The fourth-order valence-corrected chi connectivity index (χ4v) is 2.50. The van der Waals surface area contributed by atoms with Crippen LogP contribution in [0, 0.1) is 0 Å². The van der Waals surface area contributed by atoms with Crippen molar-refractivity contribution in [3.63, 3.8) is 0 Å². The van der Waals surface area contributed by atoms with Gasteiger partial charge in [-0.3, -0.25) is 9.69 Å². The first-order valence-corrected chi connectivity index (χ1v) is 7.17. The zero-order valence-electron chi connectivity index (χ0n) is 11.4.